The third-order valence-electron chi connectivity index (χ3n) is 5.49. The average molecular weight is 560 g/mol. The van der Waals surface area contributed by atoms with E-state index >= 15 is 0 Å². The van der Waals surface area contributed by atoms with E-state index in [4.69, 9.17) is 26.6 Å². The van der Waals surface area contributed by atoms with Crippen molar-refractivity contribution in [3.05, 3.63) is 104 Å². The van der Waals surface area contributed by atoms with Gasteiger partial charge in [-0.2, -0.15) is 0 Å². The molecular formula is C28H27ClFNO8. The Balaban J connectivity index is 0.000000277. The average Bonchev–Trinajstić information content (AvgIpc) is 2.90. The fraction of sp³-hybridized carbons (Fsp3) is 0.250. The van der Waals surface area contributed by atoms with Crippen LogP contribution >= 0.6 is 11.6 Å². The summed E-state index contributed by atoms with van der Waals surface area (Å²) in [6.45, 7) is 2.69. The zero-order chi connectivity index (χ0) is 28.9. The molecule has 0 aromatic heterocycles. The molecule has 0 aliphatic rings. The van der Waals surface area contributed by atoms with E-state index < -0.39 is 34.1 Å². The number of nitro benzene ring substituents is 1. The normalized spacial score (nSPS) is 10.2. The maximum Gasteiger partial charge on any atom is 0.338 e. The molecule has 0 aliphatic carbocycles. The van der Waals surface area contributed by atoms with Crippen LogP contribution in [-0.2, 0) is 0 Å². The lowest BCUT2D eigenvalue weighted by atomic mass is 9.98. The highest BCUT2D eigenvalue weighted by molar-refractivity contribution is 6.33. The highest BCUT2D eigenvalue weighted by Gasteiger charge is 2.21. The number of halogens is 2. The minimum atomic E-state index is -1.27. The van der Waals surface area contributed by atoms with Gasteiger partial charge in [-0.15, -0.1) is 0 Å². The smallest absolute Gasteiger partial charge is 0.338 e. The largest absolute Gasteiger partial charge is 0.493 e. The van der Waals surface area contributed by atoms with E-state index in [9.17, 15) is 28.9 Å². The van der Waals surface area contributed by atoms with Gasteiger partial charge in [0.15, 0.2) is 5.78 Å². The molecule has 0 heterocycles. The molecule has 3 aromatic carbocycles. The molecule has 0 aliphatic heterocycles. The van der Waals surface area contributed by atoms with E-state index in [0.717, 1.165) is 25.0 Å². The Morgan fingerprint density at radius 2 is 1.54 bits per heavy atom. The SMILES string of the molecule is CCCCCCCOc1ccc(C(=O)O)c(F)c1.O=C(O)c1ccccc1C(=O)c1ccc(Cl)c([N+](=O)[O-])c1. The quantitative estimate of drug-likeness (QED) is 0.104. The van der Waals surface area contributed by atoms with Crippen molar-refractivity contribution >= 4 is 35.0 Å². The maximum absolute atomic E-state index is 13.3. The third kappa shape index (κ3) is 9.19. The number of carbonyl (C=O) groups excluding carboxylic acids is 1. The first kappa shape index (κ1) is 30.9. The standard InChI is InChI=1S/C14H8ClNO5.C14H19FO3/c15-11-6-5-8(7-12(11)16(20)21)13(17)9-3-1-2-4-10(9)14(18)19;1-2-3-4-5-6-9-18-11-7-8-12(14(16)17)13(15)10-11/h1-7H,(H,18,19);7-8,10H,2-6,9H2,1H3,(H,16,17). The van der Waals surface area contributed by atoms with Crippen LogP contribution in [0.25, 0.3) is 0 Å². The zero-order valence-electron chi connectivity index (χ0n) is 21.1. The van der Waals surface area contributed by atoms with Gasteiger partial charge in [0.2, 0.25) is 0 Å². The third-order valence-corrected chi connectivity index (χ3v) is 5.81. The molecule has 0 radical (unpaired) electrons. The van der Waals surface area contributed by atoms with Crippen LogP contribution in [0.4, 0.5) is 10.1 Å². The fourth-order valence-corrected chi connectivity index (χ4v) is 3.66. The minimum absolute atomic E-state index is 0.000185. The highest BCUT2D eigenvalue weighted by atomic mass is 35.5. The van der Waals surface area contributed by atoms with Crippen molar-refractivity contribution in [1.29, 1.82) is 0 Å². The molecular weight excluding hydrogens is 533 g/mol. The molecule has 0 unspecified atom stereocenters. The summed E-state index contributed by atoms with van der Waals surface area (Å²) >= 11 is 5.68. The summed E-state index contributed by atoms with van der Waals surface area (Å²) in [7, 11) is 0. The van der Waals surface area contributed by atoms with Gasteiger partial charge in [0.25, 0.3) is 5.69 Å². The molecule has 0 atom stereocenters. The van der Waals surface area contributed by atoms with Gasteiger partial charge in [0.1, 0.15) is 16.6 Å². The fourth-order valence-electron chi connectivity index (χ4n) is 3.47. The zero-order valence-corrected chi connectivity index (χ0v) is 21.8. The molecule has 3 aromatic rings. The van der Waals surface area contributed by atoms with Gasteiger partial charge >= 0.3 is 11.9 Å². The Kier molecular flexibility index (Phi) is 12.0. The highest BCUT2D eigenvalue weighted by Crippen LogP contribution is 2.27. The molecule has 0 spiro atoms. The number of aromatic carboxylic acids is 2. The summed E-state index contributed by atoms with van der Waals surface area (Å²) in [5, 5.41) is 28.5. The van der Waals surface area contributed by atoms with Crippen molar-refractivity contribution in [3.63, 3.8) is 0 Å². The Hall–Kier alpha value is -4.31. The van der Waals surface area contributed by atoms with Crippen LogP contribution in [0.1, 0.15) is 75.7 Å². The molecule has 3 rings (SSSR count). The minimum Gasteiger partial charge on any atom is -0.493 e. The van der Waals surface area contributed by atoms with Crippen LogP contribution in [0.3, 0.4) is 0 Å². The second-order valence-corrected chi connectivity index (χ2v) is 8.72. The van der Waals surface area contributed by atoms with Crippen molar-refractivity contribution in [3.8, 4) is 5.75 Å². The van der Waals surface area contributed by atoms with E-state index in [0.29, 0.717) is 12.4 Å². The molecule has 0 saturated carbocycles. The van der Waals surface area contributed by atoms with Gasteiger partial charge in [-0.25, -0.2) is 14.0 Å². The first-order chi connectivity index (χ1) is 18.6. The first-order valence-electron chi connectivity index (χ1n) is 12.0. The maximum atomic E-state index is 13.3. The van der Waals surface area contributed by atoms with E-state index in [1.165, 1.54) is 67.8 Å². The van der Waals surface area contributed by atoms with Crippen molar-refractivity contribution < 1.29 is 38.6 Å². The number of carboxylic acid groups (broad SMARTS) is 2. The van der Waals surface area contributed by atoms with Crippen LogP contribution in [0.2, 0.25) is 5.02 Å². The number of hydrogen-bond acceptors (Lipinski definition) is 6. The summed E-state index contributed by atoms with van der Waals surface area (Å²) in [4.78, 5) is 44.2. The number of ether oxygens (including phenoxy) is 1. The molecule has 9 nitrogen and oxygen atoms in total. The van der Waals surface area contributed by atoms with E-state index in [2.05, 4.69) is 6.92 Å². The number of rotatable bonds is 12. The van der Waals surface area contributed by atoms with Gasteiger partial charge in [-0.1, -0.05) is 62.4 Å². The number of carbonyl (C=O) groups is 3. The van der Waals surface area contributed by atoms with Crippen LogP contribution in [0.15, 0.2) is 60.7 Å². The van der Waals surface area contributed by atoms with Crippen molar-refractivity contribution in [2.24, 2.45) is 0 Å². The monoisotopic (exact) mass is 559 g/mol. The van der Waals surface area contributed by atoms with Gasteiger partial charge in [0, 0.05) is 23.3 Å². The second-order valence-electron chi connectivity index (χ2n) is 8.31. The Morgan fingerprint density at radius 1 is 0.897 bits per heavy atom. The second kappa shape index (κ2) is 15.2. The molecule has 39 heavy (non-hydrogen) atoms. The lowest BCUT2D eigenvalue weighted by molar-refractivity contribution is -0.384. The van der Waals surface area contributed by atoms with Crippen LogP contribution in [0.5, 0.6) is 5.75 Å². The molecule has 11 heteroatoms. The summed E-state index contributed by atoms with van der Waals surface area (Å²) in [6, 6.07) is 13.1. The Morgan fingerprint density at radius 3 is 2.13 bits per heavy atom. The van der Waals surface area contributed by atoms with Gasteiger partial charge in [0.05, 0.1) is 22.7 Å². The van der Waals surface area contributed by atoms with Crippen molar-refractivity contribution in [1.82, 2.24) is 0 Å². The Labute approximate surface area is 229 Å². The first-order valence-corrected chi connectivity index (χ1v) is 12.4. The number of carboxylic acids is 2. The van der Waals surface area contributed by atoms with Gasteiger partial charge in [-0.05, 0) is 36.8 Å². The summed E-state index contributed by atoms with van der Waals surface area (Å²) < 4.78 is 18.7. The van der Waals surface area contributed by atoms with E-state index in [1.54, 1.807) is 0 Å². The number of unbranched alkanes of at least 4 members (excludes halogenated alkanes) is 4. The predicted octanol–water partition coefficient (Wildman–Crippen LogP) is 7.05. The van der Waals surface area contributed by atoms with Crippen LogP contribution < -0.4 is 4.74 Å². The molecule has 2 N–H and O–H groups in total. The van der Waals surface area contributed by atoms with Crippen LogP contribution in [0, 0.1) is 15.9 Å². The van der Waals surface area contributed by atoms with Gasteiger partial charge < -0.3 is 14.9 Å². The number of benzene rings is 3. The van der Waals surface area contributed by atoms with E-state index in [-0.39, 0.29) is 27.3 Å². The van der Waals surface area contributed by atoms with Crippen LogP contribution in [-0.4, -0.2) is 39.5 Å². The summed E-state index contributed by atoms with van der Waals surface area (Å²) in [5.41, 5.74) is -0.942. The van der Waals surface area contributed by atoms with E-state index in [1.807, 2.05) is 0 Å². The number of ketones is 1. The number of nitrogens with zero attached hydrogens (tertiary/aromatic N) is 1. The lowest BCUT2D eigenvalue weighted by Crippen LogP contribution is -2.09. The predicted molar refractivity (Wildman–Crippen MR) is 143 cm³/mol. The van der Waals surface area contributed by atoms with Crippen molar-refractivity contribution in [2.75, 3.05) is 6.61 Å². The topological polar surface area (TPSA) is 144 Å². The van der Waals surface area contributed by atoms with Crippen molar-refractivity contribution in [2.45, 2.75) is 39.0 Å². The lowest BCUT2D eigenvalue weighted by Gasteiger charge is -2.07. The number of nitro groups is 1. The summed E-state index contributed by atoms with van der Waals surface area (Å²) in [5.74, 6) is -3.51. The molecule has 206 valence electrons. The van der Waals surface area contributed by atoms with Gasteiger partial charge in [-0.3, -0.25) is 14.9 Å². The number of hydrogen-bond donors (Lipinski definition) is 2. The molecule has 0 fully saturated rings. The molecule has 0 saturated heterocycles. The Bertz CT molecular complexity index is 1340. The molecule has 0 bridgehead atoms. The molecule has 0 amide bonds. The summed E-state index contributed by atoms with van der Waals surface area (Å²) in [6.07, 6.45) is 5.64.